The summed E-state index contributed by atoms with van der Waals surface area (Å²) in [4.78, 5) is -6.90. The molecule has 0 aromatic carbocycles. The van der Waals surface area contributed by atoms with Crippen LogP contribution in [0.5, 0.6) is 0 Å². The topological polar surface area (TPSA) is 0 Å². The number of rotatable bonds is 2. The highest BCUT2D eigenvalue weighted by molar-refractivity contribution is 4.70. The molecule has 0 rings (SSSR count). The molecule has 0 N–H and O–H groups in total. The van der Waals surface area contributed by atoms with Gasteiger partial charge in [-0.1, -0.05) is 0 Å². The Bertz CT molecular complexity index is 254. The Morgan fingerprint density at radius 3 is 0.765 bits per heavy atom. The lowest BCUT2D eigenvalue weighted by Gasteiger charge is -2.29. The summed E-state index contributed by atoms with van der Waals surface area (Å²) in [6.07, 6.45) is -14.6. The maximum Gasteiger partial charge on any atom is 0.568 e. The molecule has 0 radical (unpaired) electrons. The highest BCUT2D eigenvalue weighted by atomic mass is 19.5. The largest absolute Gasteiger partial charge is 0.568 e. The maximum absolute atomic E-state index is 12.0. The van der Waals surface area contributed by atoms with E-state index in [0.717, 1.165) is 0 Å². The lowest BCUT2D eigenvalue weighted by Crippen LogP contribution is -2.68. The van der Waals surface area contributed by atoms with Crippen LogP contribution in [0.25, 0.3) is 0 Å². The minimum absolute atomic E-state index is 6.90. The first-order valence-electron chi connectivity index (χ1n) is 3.18. The van der Waals surface area contributed by atoms with E-state index >= 15 is 0 Å². The van der Waals surface area contributed by atoms with E-state index in [1.54, 1.807) is 0 Å². The van der Waals surface area contributed by atoms with Crippen LogP contribution in [0.3, 0.4) is 0 Å². The molecule has 0 atom stereocenters. The van der Waals surface area contributed by atoms with Crippen molar-refractivity contribution in [2.45, 2.75) is 24.4 Å². The number of nitrogens with zero attached hydrogens (tertiary/aromatic N) is 1. The molecular weight excluding hydrogens is 290 g/mol. The lowest BCUT2D eigenvalue weighted by atomic mass is 10.4. The standard InChI is InChI=1S/C4F12N/c5-1(6,7)3(11,12)17(15,16)4(13,14)2(8,9)10/q+1. The molecule has 0 fully saturated rings. The normalized spacial score (nSPS) is 16.2. The average molecular weight is 290 g/mol. The summed E-state index contributed by atoms with van der Waals surface area (Å²) in [7, 11) is 0. The van der Waals surface area contributed by atoms with Crippen molar-refractivity contribution < 1.29 is 57.8 Å². The third-order valence-corrected chi connectivity index (χ3v) is 1.39. The van der Waals surface area contributed by atoms with Gasteiger partial charge < -0.3 is 0 Å². The summed E-state index contributed by atoms with van der Waals surface area (Å²) < 4.78 is 139. The zero-order valence-corrected chi connectivity index (χ0v) is 6.98. The molecule has 1 nitrogen and oxygen atoms in total. The highest BCUT2D eigenvalue weighted by Gasteiger charge is 2.93. The van der Waals surface area contributed by atoms with Crippen molar-refractivity contribution in [3.8, 4) is 0 Å². The zero-order chi connectivity index (χ0) is 14.5. The van der Waals surface area contributed by atoms with Gasteiger partial charge >= 0.3 is 24.4 Å². The van der Waals surface area contributed by atoms with Crippen molar-refractivity contribution >= 4 is 0 Å². The number of hydrogen-bond acceptors (Lipinski definition) is 0. The van der Waals surface area contributed by atoms with Crippen LogP contribution in [0.4, 0.5) is 52.9 Å². The SMILES string of the molecule is FC(F)(F)C(F)(F)[N+](F)(F)C(F)(F)C(F)(F)F. The van der Waals surface area contributed by atoms with Crippen molar-refractivity contribution in [2.24, 2.45) is 0 Å². The van der Waals surface area contributed by atoms with E-state index in [-0.39, 0.29) is 0 Å². The molecule has 13 heteroatoms. The Labute approximate surface area is 83.7 Å². The third kappa shape index (κ3) is 2.11. The van der Waals surface area contributed by atoms with Gasteiger partial charge in [-0.15, -0.1) is 17.6 Å². The molecule has 0 bridgehead atoms. The lowest BCUT2D eigenvalue weighted by molar-refractivity contribution is -1.28. The molecule has 0 aliphatic heterocycles. The molecule has 0 heterocycles. The van der Waals surface area contributed by atoms with Crippen LogP contribution < -0.4 is 0 Å². The van der Waals surface area contributed by atoms with E-state index < -0.39 is 29.4 Å². The average Bonchev–Trinajstić information content (AvgIpc) is 1.98. The fourth-order valence-corrected chi connectivity index (χ4v) is 0.495. The van der Waals surface area contributed by atoms with Gasteiger partial charge in [-0.25, -0.2) is 0 Å². The Kier molecular flexibility index (Phi) is 3.37. The monoisotopic (exact) mass is 290 g/mol. The van der Waals surface area contributed by atoms with Crippen LogP contribution in [0.1, 0.15) is 0 Å². The quantitative estimate of drug-likeness (QED) is 0.411. The molecule has 0 spiro atoms. The summed E-state index contributed by atoms with van der Waals surface area (Å²) >= 11 is 0. The summed E-state index contributed by atoms with van der Waals surface area (Å²) in [6, 6.07) is -15.2. The van der Waals surface area contributed by atoms with Crippen molar-refractivity contribution in [1.82, 2.24) is 0 Å². The van der Waals surface area contributed by atoms with Gasteiger partial charge in [-0.05, 0) is 0 Å². The van der Waals surface area contributed by atoms with Crippen LogP contribution in [-0.4, -0.2) is 29.4 Å². The second-order valence-corrected chi connectivity index (χ2v) is 2.59. The van der Waals surface area contributed by atoms with Gasteiger partial charge in [0, 0.05) is 0 Å². The van der Waals surface area contributed by atoms with Crippen LogP contribution in [0.2, 0.25) is 0 Å². The molecule has 0 unspecified atom stereocenters. The minimum Gasteiger partial charge on any atom is -0.159 e. The van der Waals surface area contributed by atoms with Crippen LogP contribution >= 0.6 is 0 Å². The Morgan fingerprint density at radius 2 is 0.647 bits per heavy atom. The van der Waals surface area contributed by atoms with Crippen molar-refractivity contribution in [3.05, 3.63) is 0 Å². The summed E-state index contributed by atoms with van der Waals surface area (Å²) in [6.45, 7) is 0. The first-order chi connectivity index (χ1) is 7.00. The van der Waals surface area contributed by atoms with Crippen molar-refractivity contribution in [1.29, 1.82) is 0 Å². The Hall–Kier alpha value is -0.880. The summed E-state index contributed by atoms with van der Waals surface area (Å²) in [5, 5.41) is 0. The Balaban J connectivity index is 5.73. The predicted octanol–water partition coefficient (Wildman–Crippen LogP) is 3.88. The fraction of sp³-hybridized carbons (Fsp3) is 1.00. The molecule has 0 amide bonds. The van der Waals surface area contributed by atoms with Gasteiger partial charge in [-0.3, -0.25) is 0 Å². The van der Waals surface area contributed by atoms with Crippen LogP contribution in [-0.2, 0) is 0 Å². The van der Waals surface area contributed by atoms with E-state index in [2.05, 4.69) is 0 Å². The molecule has 0 aliphatic rings. The molecule has 0 aromatic rings. The van der Waals surface area contributed by atoms with E-state index in [1.807, 2.05) is 0 Å². The van der Waals surface area contributed by atoms with Crippen molar-refractivity contribution in [2.75, 3.05) is 0 Å². The number of hydrogen-bond donors (Lipinski definition) is 0. The van der Waals surface area contributed by atoms with Gasteiger partial charge in [0.25, 0.3) is 0 Å². The van der Waals surface area contributed by atoms with Gasteiger partial charge in [-0.2, -0.15) is 26.3 Å². The number of alkyl halides is 10. The van der Waals surface area contributed by atoms with E-state index in [4.69, 9.17) is 0 Å². The minimum atomic E-state index is -7.59. The third-order valence-electron chi connectivity index (χ3n) is 1.39. The van der Waals surface area contributed by atoms with Crippen LogP contribution in [0, 0.1) is 0 Å². The summed E-state index contributed by atoms with van der Waals surface area (Å²) in [5.41, 5.74) is 0. The van der Waals surface area contributed by atoms with Gasteiger partial charge in [0.2, 0.25) is 4.93 Å². The first-order valence-corrected chi connectivity index (χ1v) is 3.18. The maximum atomic E-state index is 12.0. The van der Waals surface area contributed by atoms with Crippen molar-refractivity contribution in [3.63, 3.8) is 0 Å². The number of quaternary nitrogens is 1. The smallest absolute Gasteiger partial charge is 0.159 e. The Morgan fingerprint density at radius 1 is 0.471 bits per heavy atom. The van der Waals surface area contributed by atoms with E-state index in [0.29, 0.717) is 0 Å². The van der Waals surface area contributed by atoms with Crippen LogP contribution in [0.15, 0.2) is 0 Å². The molecule has 0 aliphatic carbocycles. The van der Waals surface area contributed by atoms with E-state index in [1.165, 1.54) is 0 Å². The van der Waals surface area contributed by atoms with Gasteiger partial charge in [0.05, 0.1) is 8.96 Å². The van der Waals surface area contributed by atoms with Gasteiger partial charge in [0.1, 0.15) is 0 Å². The highest BCUT2D eigenvalue weighted by Crippen LogP contribution is 2.55. The molecule has 17 heavy (non-hydrogen) atoms. The second-order valence-electron chi connectivity index (χ2n) is 2.59. The second kappa shape index (κ2) is 3.55. The fourth-order valence-electron chi connectivity index (χ4n) is 0.495. The summed E-state index contributed by atoms with van der Waals surface area (Å²) in [5.74, 6) is 0. The van der Waals surface area contributed by atoms with Gasteiger partial charge in [0.15, 0.2) is 0 Å². The molecule has 0 aromatic heterocycles. The molecule has 0 saturated heterocycles. The van der Waals surface area contributed by atoms with E-state index in [9.17, 15) is 52.9 Å². The first kappa shape index (κ1) is 16.1. The zero-order valence-electron chi connectivity index (χ0n) is 6.98. The predicted molar refractivity (Wildman–Crippen MR) is 24.5 cm³/mol. The molecule has 0 saturated carbocycles. The number of halogens is 12. The molecular formula is C4F12N+. The molecule has 104 valence electrons.